The Morgan fingerprint density at radius 2 is 2.30 bits per heavy atom. The van der Waals surface area contributed by atoms with Crippen LogP contribution in [0.3, 0.4) is 0 Å². The van der Waals surface area contributed by atoms with Gasteiger partial charge in [-0.1, -0.05) is 6.42 Å². The normalized spacial score (nSPS) is 22.2. The zero-order valence-electron chi connectivity index (χ0n) is 11.2. The number of amides is 2. The van der Waals surface area contributed by atoms with Crippen LogP contribution in [-0.2, 0) is 11.2 Å². The van der Waals surface area contributed by atoms with E-state index in [1.165, 1.54) is 11.3 Å². The summed E-state index contributed by atoms with van der Waals surface area (Å²) >= 11 is 1.53. The first-order chi connectivity index (χ1) is 9.65. The number of aromatic nitrogens is 1. The van der Waals surface area contributed by atoms with E-state index in [1.54, 1.807) is 5.51 Å². The minimum atomic E-state index is -0.763. The average Bonchev–Trinajstić information content (AvgIpc) is 2.92. The predicted octanol–water partition coefficient (Wildman–Crippen LogP) is 1.63. The summed E-state index contributed by atoms with van der Waals surface area (Å²) in [6.45, 7) is 0.532. The van der Waals surface area contributed by atoms with Gasteiger partial charge >= 0.3 is 12.0 Å². The number of nitrogens with zero attached hydrogens (tertiary/aromatic N) is 1. The maximum absolute atomic E-state index is 11.7. The topological polar surface area (TPSA) is 91.3 Å². The molecule has 2 amide bonds. The summed E-state index contributed by atoms with van der Waals surface area (Å²) in [7, 11) is 0. The van der Waals surface area contributed by atoms with Crippen LogP contribution in [0, 0.1) is 5.92 Å². The van der Waals surface area contributed by atoms with Gasteiger partial charge in [0.2, 0.25) is 0 Å². The van der Waals surface area contributed by atoms with Crippen molar-refractivity contribution in [2.45, 2.75) is 38.1 Å². The molecule has 1 fully saturated rings. The number of urea groups is 1. The minimum absolute atomic E-state index is 0.0378. The Hall–Kier alpha value is -1.63. The number of hydrogen-bond donors (Lipinski definition) is 3. The first-order valence-electron chi connectivity index (χ1n) is 6.79. The van der Waals surface area contributed by atoms with Crippen LogP contribution in [0.5, 0.6) is 0 Å². The van der Waals surface area contributed by atoms with E-state index in [2.05, 4.69) is 15.6 Å². The second-order valence-electron chi connectivity index (χ2n) is 5.03. The summed E-state index contributed by atoms with van der Waals surface area (Å²) < 4.78 is 0. The van der Waals surface area contributed by atoms with Gasteiger partial charge in [-0.15, -0.1) is 11.3 Å². The Morgan fingerprint density at radius 3 is 3.00 bits per heavy atom. The standard InChI is InChI=1S/C13H19N3O3S/c17-12(18)9-2-1-3-10(6-9)16-13(19)14-5-4-11-7-20-8-15-11/h7-10H,1-6H2,(H,17,18)(H2,14,16,19). The molecular formula is C13H19N3O3S. The van der Waals surface area contributed by atoms with Crippen molar-refractivity contribution < 1.29 is 14.7 Å². The summed E-state index contributed by atoms with van der Waals surface area (Å²) in [5.41, 5.74) is 2.74. The van der Waals surface area contributed by atoms with Crippen molar-refractivity contribution in [2.75, 3.05) is 6.54 Å². The molecule has 0 aromatic carbocycles. The molecule has 7 heteroatoms. The van der Waals surface area contributed by atoms with E-state index in [-0.39, 0.29) is 18.0 Å². The Balaban J connectivity index is 1.67. The van der Waals surface area contributed by atoms with Crippen LogP contribution in [0.25, 0.3) is 0 Å². The first-order valence-corrected chi connectivity index (χ1v) is 7.73. The molecule has 0 aliphatic heterocycles. The Bertz CT molecular complexity index is 450. The van der Waals surface area contributed by atoms with Gasteiger partial charge < -0.3 is 15.7 Å². The smallest absolute Gasteiger partial charge is 0.315 e. The van der Waals surface area contributed by atoms with Gasteiger partial charge in [-0.05, 0) is 19.3 Å². The van der Waals surface area contributed by atoms with Crippen LogP contribution in [0.1, 0.15) is 31.4 Å². The molecule has 0 radical (unpaired) electrons. The fourth-order valence-corrected chi connectivity index (χ4v) is 3.04. The number of carbonyl (C=O) groups is 2. The summed E-state index contributed by atoms with van der Waals surface area (Å²) in [4.78, 5) is 26.8. The second kappa shape index (κ2) is 7.23. The molecule has 1 heterocycles. The molecule has 110 valence electrons. The molecular weight excluding hydrogens is 278 g/mol. The van der Waals surface area contributed by atoms with Crippen molar-refractivity contribution in [1.29, 1.82) is 0 Å². The SMILES string of the molecule is O=C(NCCc1cscn1)NC1CCCC(C(=O)O)C1. The molecule has 0 saturated heterocycles. The molecule has 1 aromatic heterocycles. The number of aliphatic carboxylic acids is 1. The number of thiazole rings is 1. The zero-order chi connectivity index (χ0) is 14.4. The molecule has 2 rings (SSSR count). The van der Waals surface area contributed by atoms with Crippen molar-refractivity contribution in [3.63, 3.8) is 0 Å². The third-order valence-electron chi connectivity index (χ3n) is 3.51. The van der Waals surface area contributed by atoms with Gasteiger partial charge in [-0.3, -0.25) is 4.79 Å². The van der Waals surface area contributed by atoms with Gasteiger partial charge in [0.1, 0.15) is 0 Å². The fourth-order valence-electron chi connectivity index (χ4n) is 2.45. The van der Waals surface area contributed by atoms with E-state index in [0.717, 1.165) is 18.5 Å². The second-order valence-corrected chi connectivity index (χ2v) is 5.75. The molecule has 20 heavy (non-hydrogen) atoms. The third-order valence-corrected chi connectivity index (χ3v) is 4.14. The van der Waals surface area contributed by atoms with E-state index < -0.39 is 5.97 Å². The quantitative estimate of drug-likeness (QED) is 0.770. The number of rotatable bonds is 5. The lowest BCUT2D eigenvalue weighted by Crippen LogP contribution is -2.45. The third kappa shape index (κ3) is 4.48. The van der Waals surface area contributed by atoms with Gasteiger partial charge in [0, 0.05) is 24.4 Å². The van der Waals surface area contributed by atoms with Gasteiger partial charge in [-0.2, -0.15) is 0 Å². The molecule has 3 N–H and O–H groups in total. The van der Waals surface area contributed by atoms with Crippen LogP contribution in [0.15, 0.2) is 10.9 Å². The van der Waals surface area contributed by atoms with Crippen molar-refractivity contribution in [1.82, 2.24) is 15.6 Å². The van der Waals surface area contributed by atoms with Crippen molar-refractivity contribution in [2.24, 2.45) is 5.92 Å². The minimum Gasteiger partial charge on any atom is -0.481 e. The van der Waals surface area contributed by atoms with Crippen LogP contribution in [-0.4, -0.2) is 34.7 Å². The molecule has 1 aliphatic carbocycles. The fraction of sp³-hybridized carbons (Fsp3) is 0.615. The summed E-state index contributed by atoms with van der Waals surface area (Å²) in [6.07, 6.45) is 3.64. The van der Waals surface area contributed by atoms with Gasteiger partial charge in [-0.25, -0.2) is 9.78 Å². The molecule has 1 saturated carbocycles. The van der Waals surface area contributed by atoms with Crippen molar-refractivity contribution in [3.8, 4) is 0 Å². The van der Waals surface area contributed by atoms with Crippen LogP contribution >= 0.6 is 11.3 Å². The summed E-state index contributed by atoms with van der Waals surface area (Å²) in [6, 6.07) is -0.264. The maximum Gasteiger partial charge on any atom is 0.315 e. The van der Waals surface area contributed by atoms with Gasteiger partial charge in [0.15, 0.2) is 0 Å². The molecule has 2 unspecified atom stereocenters. The van der Waals surface area contributed by atoms with Crippen LogP contribution in [0.2, 0.25) is 0 Å². The highest BCUT2D eigenvalue weighted by atomic mass is 32.1. The van der Waals surface area contributed by atoms with Gasteiger partial charge in [0.05, 0.1) is 17.1 Å². The van der Waals surface area contributed by atoms with E-state index in [0.29, 0.717) is 25.8 Å². The average molecular weight is 297 g/mol. The maximum atomic E-state index is 11.7. The van der Waals surface area contributed by atoms with Gasteiger partial charge in [0.25, 0.3) is 0 Å². The highest BCUT2D eigenvalue weighted by molar-refractivity contribution is 7.07. The van der Waals surface area contributed by atoms with E-state index in [1.807, 2.05) is 5.38 Å². The van der Waals surface area contributed by atoms with Crippen LogP contribution < -0.4 is 10.6 Å². The van der Waals surface area contributed by atoms with Crippen LogP contribution in [0.4, 0.5) is 4.79 Å². The zero-order valence-corrected chi connectivity index (χ0v) is 12.0. The number of nitrogens with one attached hydrogen (secondary N) is 2. The molecule has 1 aliphatic rings. The number of carbonyl (C=O) groups excluding carboxylic acids is 1. The lowest BCUT2D eigenvalue weighted by molar-refractivity contribution is -0.143. The van der Waals surface area contributed by atoms with Crippen molar-refractivity contribution >= 4 is 23.3 Å². The largest absolute Gasteiger partial charge is 0.481 e. The highest BCUT2D eigenvalue weighted by Gasteiger charge is 2.27. The molecule has 2 atom stereocenters. The lowest BCUT2D eigenvalue weighted by atomic mass is 9.86. The molecule has 6 nitrogen and oxygen atoms in total. The van der Waals surface area contributed by atoms with E-state index >= 15 is 0 Å². The Labute approximate surface area is 121 Å². The lowest BCUT2D eigenvalue weighted by Gasteiger charge is -2.27. The van der Waals surface area contributed by atoms with E-state index in [4.69, 9.17) is 5.11 Å². The highest BCUT2D eigenvalue weighted by Crippen LogP contribution is 2.24. The summed E-state index contributed by atoms with van der Waals surface area (Å²) in [5.74, 6) is -1.09. The number of carboxylic acid groups (broad SMARTS) is 1. The van der Waals surface area contributed by atoms with E-state index in [9.17, 15) is 9.59 Å². The Kier molecular flexibility index (Phi) is 5.34. The first kappa shape index (κ1) is 14.8. The van der Waals surface area contributed by atoms with Crippen molar-refractivity contribution in [3.05, 3.63) is 16.6 Å². The number of hydrogen-bond acceptors (Lipinski definition) is 4. The molecule has 1 aromatic rings. The predicted molar refractivity (Wildman–Crippen MR) is 75.7 cm³/mol. The molecule has 0 bridgehead atoms. The summed E-state index contributed by atoms with van der Waals surface area (Å²) in [5, 5.41) is 16.6. The monoisotopic (exact) mass is 297 g/mol. The molecule has 0 spiro atoms. The number of carboxylic acids is 1. The Morgan fingerprint density at radius 1 is 1.45 bits per heavy atom.